The lowest BCUT2D eigenvalue weighted by atomic mass is 9.67. The monoisotopic (exact) mass is 790 g/mol. The number of rotatable bonds is 7. The summed E-state index contributed by atoms with van der Waals surface area (Å²) in [6, 6.07) is 82.2. The summed E-state index contributed by atoms with van der Waals surface area (Å²) in [6.07, 6.45) is 0. The van der Waals surface area contributed by atoms with Crippen LogP contribution in [0.1, 0.15) is 22.3 Å². The van der Waals surface area contributed by atoms with Crippen molar-refractivity contribution in [2.24, 2.45) is 0 Å². The van der Waals surface area contributed by atoms with E-state index in [-0.39, 0.29) is 0 Å². The van der Waals surface area contributed by atoms with E-state index in [1.54, 1.807) is 0 Å². The van der Waals surface area contributed by atoms with E-state index in [9.17, 15) is 0 Å². The minimum absolute atomic E-state index is 0.476. The molecule has 3 heteroatoms. The molecule has 0 fully saturated rings. The molecule has 0 unspecified atom stereocenters. The highest BCUT2D eigenvalue weighted by Crippen LogP contribution is 2.56. The fourth-order valence-corrected chi connectivity index (χ4v) is 9.77. The lowest BCUT2D eigenvalue weighted by Crippen LogP contribution is -2.28. The van der Waals surface area contributed by atoms with E-state index >= 15 is 0 Å². The van der Waals surface area contributed by atoms with E-state index in [4.69, 9.17) is 14.4 Å². The van der Waals surface area contributed by atoms with Gasteiger partial charge < -0.3 is 4.42 Å². The van der Waals surface area contributed by atoms with Crippen molar-refractivity contribution >= 4 is 21.9 Å². The maximum Gasteiger partial charge on any atom is 0.160 e. The van der Waals surface area contributed by atoms with Crippen molar-refractivity contribution in [3.05, 3.63) is 253 Å². The van der Waals surface area contributed by atoms with Crippen LogP contribution in [0.5, 0.6) is 0 Å². The fraction of sp³-hybridized carbons (Fsp3) is 0.0169. The van der Waals surface area contributed by atoms with Crippen molar-refractivity contribution in [3.8, 4) is 67.3 Å². The van der Waals surface area contributed by atoms with Gasteiger partial charge in [-0.2, -0.15) is 0 Å². The van der Waals surface area contributed by atoms with E-state index in [1.807, 2.05) is 30.3 Å². The number of hydrogen-bond donors (Lipinski definition) is 0. The maximum atomic E-state index is 6.59. The van der Waals surface area contributed by atoms with Crippen LogP contribution in [0.3, 0.4) is 0 Å². The SMILES string of the molecule is c1ccc(-c2cc(-c3cc(-c4ccc5c(c4)-c4ccccc4C5(c4ccccc4)c4ccccc4)nc(-c4ccccc4)n3)cc(-c3cccc4c3oc3ccccc34)c2)cc1. The van der Waals surface area contributed by atoms with Gasteiger partial charge in [-0.1, -0.05) is 194 Å². The number of aromatic nitrogens is 2. The Balaban J connectivity index is 1.08. The molecule has 12 rings (SSSR count). The van der Waals surface area contributed by atoms with Crippen molar-refractivity contribution in [1.82, 2.24) is 9.97 Å². The summed E-state index contributed by atoms with van der Waals surface area (Å²) in [5, 5.41) is 2.21. The Labute approximate surface area is 360 Å². The molecule has 1 aliphatic carbocycles. The fourth-order valence-electron chi connectivity index (χ4n) is 9.77. The van der Waals surface area contributed by atoms with Crippen LogP contribution >= 0.6 is 0 Å². The van der Waals surface area contributed by atoms with Crippen molar-refractivity contribution in [1.29, 1.82) is 0 Å². The number of fused-ring (bicyclic) bond motifs is 6. The summed E-state index contributed by atoms with van der Waals surface area (Å²) in [4.78, 5) is 10.7. The summed E-state index contributed by atoms with van der Waals surface area (Å²) in [5.41, 5.74) is 17.7. The van der Waals surface area contributed by atoms with E-state index < -0.39 is 5.41 Å². The predicted molar refractivity (Wildman–Crippen MR) is 254 cm³/mol. The first-order valence-corrected chi connectivity index (χ1v) is 21.1. The van der Waals surface area contributed by atoms with Gasteiger partial charge in [0.1, 0.15) is 11.2 Å². The summed E-state index contributed by atoms with van der Waals surface area (Å²) < 4.78 is 6.59. The van der Waals surface area contributed by atoms with Crippen molar-refractivity contribution in [3.63, 3.8) is 0 Å². The molecule has 1 aliphatic rings. The first-order valence-electron chi connectivity index (χ1n) is 21.1. The third-order valence-corrected chi connectivity index (χ3v) is 12.6. The maximum absolute atomic E-state index is 6.59. The Morgan fingerprint density at radius 2 is 0.871 bits per heavy atom. The van der Waals surface area contributed by atoms with E-state index in [2.05, 4.69) is 200 Å². The molecule has 0 aliphatic heterocycles. The molecular formula is C59H38N2O. The van der Waals surface area contributed by atoms with Gasteiger partial charge >= 0.3 is 0 Å². The highest BCUT2D eigenvalue weighted by Gasteiger charge is 2.46. The molecule has 0 spiro atoms. The van der Waals surface area contributed by atoms with Gasteiger partial charge in [0.15, 0.2) is 5.82 Å². The van der Waals surface area contributed by atoms with E-state index in [0.717, 1.165) is 72.3 Å². The van der Waals surface area contributed by atoms with Crippen LogP contribution in [-0.2, 0) is 5.41 Å². The van der Waals surface area contributed by atoms with Crippen LogP contribution in [0.4, 0.5) is 0 Å². The Hall–Kier alpha value is -8.14. The summed E-state index contributed by atoms with van der Waals surface area (Å²) >= 11 is 0. The molecule has 0 saturated heterocycles. The second-order valence-electron chi connectivity index (χ2n) is 16.1. The highest BCUT2D eigenvalue weighted by atomic mass is 16.3. The van der Waals surface area contributed by atoms with Crippen LogP contribution in [0.15, 0.2) is 235 Å². The first-order chi connectivity index (χ1) is 30.7. The molecule has 2 heterocycles. The molecular weight excluding hydrogens is 753 g/mol. The molecule has 0 amide bonds. The van der Waals surface area contributed by atoms with Crippen molar-refractivity contribution in [2.45, 2.75) is 5.41 Å². The minimum atomic E-state index is -0.476. The van der Waals surface area contributed by atoms with Crippen molar-refractivity contribution < 1.29 is 4.42 Å². The Morgan fingerprint density at radius 1 is 0.323 bits per heavy atom. The van der Waals surface area contributed by atoms with E-state index in [0.29, 0.717) is 5.82 Å². The molecule has 9 aromatic carbocycles. The summed E-state index contributed by atoms with van der Waals surface area (Å²) in [5.74, 6) is 0.674. The number of hydrogen-bond acceptors (Lipinski definition) is 3. The van der Waals surface area contributed by atoms with Crippen molar-refractivity contribution in [2.75, 3.05) is 0 Å². The van der Waals surface area contributed by atoms with Gasteiger partial charge in [0, 0.05) is 33.0 Å². The molecule has 62 heavy (non-hydrogen) atoms. The summed E-state index contributed by atoms with van der Waals surface area (Å²) in [7, 11) is 0. The van der Waals surface area contributed by atoms with Gasteiger partial charge in [0.25, 0.3) is 0 Å². The van der Waals surface area contributed by atoms with Gasteiger partial charge in [-0.25, -0.2) is 9.97 Å². The second kappa shape index (κ2) is 14.5. The Morgan fingerprint density at radius 3 is 1.61 bits per heavy atom. The van der Waals surface area contributed by atoms with Crippen LogP contribution in [0.2, 0.25) is 0 Å². The second-order valence-corrected chi connectivity index (χ2v) is 16.1. The molecule has 0 atom stereocenters. The largest absolute Gasteiger partial charge is 0.455 e. The highest BCUT2D eigenvalue weighted by molar-refractivity contribution is 6.10. The zero-order valence-electron chi connectivity index (χ0n) is 33.7. The average molecular weight is 791 g/mol. The van der Waals surface area contributed by atoms with E-state index in [1.165, 1.54) is 33.4 Å². The zero-order valence-corrected chi connectivity index (χ0v) is 33.7. The molecule has 11 aromatic rings. The van der Waals surface area contributed by atoms with Crippen LogP contribution in [0.25, 0.3) is 89.2 Å². The molecule has 290 valence electrons. The third-order valence-electron chi connectivity index (χ3n) is 12.6. The average Bonchev–Trinajstić information content (AvgIpc) is 3.89. The molecule has 0 radical (unpaired) electrons. The minimum Gasteiger partial charge on any atom is -0.455 e. The molecule has 0 bridgehead atoms. The van der Waals surface area contributed by atoms with Crippen LogP contribution in [-0.4, -0.2) is 9.97 Å². The Kier molecular flexibility index (Phi) is 8.39. The van der Waals surface area contributed by atoms with Gasteiger partial charge in [0.05, 0.1) is 16.8 Å². The topological polar surface area (TPSA) is 38.9 Å². The number of para-hydroxylation sites is 2. The number of benzene rings is 9. The first kappa shape index (κ1) is 35.8. The third kappa shape index (κ3) is 5.74. The molecule has 2 aromatic heterocycles. The van der Waals surface area contributed by atoms with Gasteiger partial charge in [-0.15, -0.1) is 0 Å². The normalized spacial score (nSPS) is 12.6. The lowest BCUT2D eigenvalue weighted by molar-refractivity contribution is 0.670. The quantitative estimate of drug-likeness (QED) is 0.161. The lowest BCUT2D eigenvalue weighted by Gasteiger charge is -2.33. The van der Waals surface area contributed by atoms with Crippen LogP contribution < -0.4 is 0 Å². The zero-order chi connectivity index (χ0) is 41.0. The van der Waals surface area contributed by atoms with Gasteiger partial charge in [0.2, 0.25) is 0 Å². The van der Waals surface area contributed by atoms with Gasteiger partial charge in [-0.3, -0.25) is 0 Å². The standard InChI is InChI=1S/C59H38N2O/c1-5-18-39(19-6-1)42-34-43(47-28-17-29-50-49-27-14-16-31-56(49)62-57(47)50)36-44(35-42)55-38-54(60-58(61-55)40-20-7-2-8-21-40)41-32-33-53-51(37-41)48-26-13-15-30-52(48)59(53,45-22-9-3-10-23-45)46-24-11-4-12-25-46/h1-38H. The van der Waals surface area contributed by atoms with Crippen LogP contribution in [0, 0.1) is 0 Å². The number of nitrogens with zero attached hydrogens (tertiary/aromatic N) is 2. The summed E-state index contributed by atoms with van der Waals surface area (Å²) in [6.45, 7) is 0. The predicted octanol–water partition coefficient (Wildman–Crippen LogP) is 15.1. The molecule has 3 nitrogen and oxygen atoms in total. The van der Waals surface area contributed by atoms with Gasteiger partial charge in [-0.05, 0) is 86.5 Å². The molecule has 0 N–H and O–H groups in total. The molecule has 0 saturated carbocycles. The number of furan rings is 1. The smallest absolute Gasteiger partial charge is 0.160 e. The Bertz CT molecular complexity index is 3410.